The molecule has 0 amide bonds. The second kappa shape index (κ2) is 2.73. The maximum Gasteiger partial charge on any atom is 0.158 e. The largest absolute Gasteiger partial charge is 0.299 e. The van der Waals surface area contributed by atoms with Crippen molar-refractivity contribution < 1.29 is 4.79 Å². The van der Waals surface area contributed by atoms with Crippen molar-refractivity contribution in [3.05, 3.63) is 0 Å². The van der Waals surface area contributed by atoms with Crippen LogP contribution in [0, 0.1) is 35.5 Å². The van der Waals surface area contributed by atoms with E-state index in [0.717, 1.165) is 6.42 Å². The Kier molecular flexibility index (Phi) is 1.78. The summed E-state index contributed by atoms with van der Waals surface area (Å²) in [6.07, 6.45) is 0.908. The van der Waals surface area contributed by atoms with Crippen molar-refractivity contribution in [2.75, 3.05) is 0 Å². The van der Waals surface area contributed by atoms with E-state index in [-0.39, 0.29) is 29.6 Å². The topological polar surface area (TPSA) is 17.1 Å². The molecule has 5 fully saturated rings. The fraction of sp³-hybridized carbons (Fsp3) is 0.917. The van der Waals surface area contributed by atoms with Gasteiger partial charge in [0.2, 0.25) is 0 Å². The van der Waals surface area contributed by atoms with Crippen molar-refractivity contribution in [3.63, 3.8) is 0 Å². The van der Waals surface area contributed by atoms with Gasteiger partial charge in [-0.3, -0.25) is 4.79 Å². The number of rotatable bonds is 0. The number of carbonyl (C=O) groups excluding carboxylic acids is 1. The summed E-state index contributed by atoms with van der Waals surface area (Å²) in [5.74, 6) is 0.493. The molecule has 0 saturated heterocycles. The number of hydrogen-bond acceptors (Lipinski definition) is 1. The lowest BCUT2D eigenvalue weighted by atomic mass is 9.76. The lowest BCUT2D eigenvalue weighted by Gasteiger charge is -2.37. The fourth-order valence-corrected chi connectivity index (χ4v) is 9.39. The van der Waals surface area contributed by atoms with Gasteiger partial charge < -0.3 is 0 Å². The summed E-state index contributed by atoms with van der Waals surface area (Å²) in [6, 6.07) is 0. The van der Waals surface area contributed by atoms with E-state index in [1.807, 2.05) is 0 Å². The van der Waals surface area contributed by atoms with E-state index < -0.39 is 19.5 Å². The quantitative estimate of drug-likeness (QED) is 0.614. The highest BCUT2D eigenvalue weighted by Gasteiger charge is 2.95. The molecule has 98 valence electrons. The minimum Gasteiger partial charge on any atom is -0.299 e. The van der Waals surface area contributed by atoms with Crippen molar-refractivity contribution in [1.29, 1.82) is 0 Å². The van der Waals surface area contributed by atoms with Crippen LogP contribution in [0.2, 0.25) is 0 Å². The molecule has 9 atom stereocenters. The predicted molar refractivity (Wildman–Crippen MR) is 71.8 cm³/mol. The van der Waals surface area contributed by atoms with E-state index in [1.54, 1.807) is 0 Å². The molecular formula is C12H9Cl5O. The zero-order valence-corrected chi connectivity index (χ0v) is 12.8. The Hall–Kier alpha value is 1.12. The summed E-state index contributed by atoms with van der Waals surface area (Å²) < 4.78 is -1.23. The maximum absolute atomic E-state index is 12.4. The van der Waals surface area contributed by atoms with Gasteiger partial charge in [-0.15, -0.1) is 34.8 Å². The lowest BCUT2D eigenvalue weighted by Crippen LogP contribution is -2.48. The number of fused-ring (bicyclic) bond motifs is 5. The molecule has 5 aliphatic carbocycles. The smallest absolute Gasteiger partial charge is 0.158 e. The molecule has 6 heteroatoms. The highest BCUT2D eigenvalue weighted by atomic mass is 35.5. The standard InChI is InChI=1S/C12H9Cl5O/c13-9-7-4-2-1-3(8(4)18)6-5(2)10(7,14)12(16,17)11(6,9)15/h2-7,9H,1H2. The Morgan fingerprint density at radius 1 is 1.00 bits per heavy atom. The van der Waals surface area contributed by atoms with Gasteiger partial charge in [-0.1, -0.05) is 23.2 Å². The van der Waals surface area contributed by atoms with E-state index in [0.29, 0.717) is 11.7 Å². The minimum absolute atomic E-state index is 0.0197. The van der Waals surface area contributed by atoms with Gasteiger partial charge in [0, 0.05) is 17.8 Å². The van der Waals surface area contributed by atoms with Crippen molar-refractivity contribution >= 4 is 63.8 Å². The molecule has 1 nitrogen and oxygen atoms in total. The SMILES string of the molecule is O=C1C2CC3C1C1C(Cl)C4(Cl)C2C3C1(Cl)C4(Cl)Cl. The van der Waals surface area contributed by atoms with Crippen LogP contribution in [0.4, 0.5) is 0 Å². The number of Topliss-reactive ketones (excluding diaryl/α,β-unsaturated/α-hetero) is 1. The van der Waals surface area contributed by atoms with E-state index in [9.17, 15) is 4.79 Å². The van der Waals surface area contributed by atoms with Gasteiger partial charge in [0.25, 0.3) is 0 Å². The summed E-state index contributed by atoms with van der Waals surface area (Å²) in [5.41, 5.74) is 0. The van der Waals surface area contributed by atoms with E-state index >= 15 is 0 Å². The second-order valence-corrected chi connectivity index (χ2v) is 9.57. The highest BCUT2D eigenvalue weighted by molar-refractivity contribution is 6.61. The molecule has 0 aromatic heterocycles. The molecule has 0 heterocycles. The highest BCUT2D eigenvalue weighted by Crippen LogP contribution is 2.88. The van der Waals surface area contributed by atoms with Gasteiger partial charge >= 0.3 is 0 Å². The first kappa shape index (κ1) is 11.7. The zero-order chi connectivity index (χ0) is 12.8. The normalized spacial score (nSPS) is 72.9. The van der Waals surface area contributed by atoms with Crippen LogP contribution in [0.3, 0.4) is 0 Å². The number of alkyl halides is 5. The van der Waals surface area contributed by atoms with Crippen LogP contribution < -0.4 is 0 Å². The van der Waals surface area contributed by atoms with Gasteiger partial charge in [0.1, 0.15) is 5.78 Å². The van der Waals surface area contributed by atoms with Crippen LogP contribution in [0.1, 0.15) is 6.42 Å². The Bertz CT molecular complexity index is 511. The molecule has 4 bridgehead atoms. The molecule has 0 N–H and O–H groups in total. The Balaban J connectivity index is 1.91. The molecule has 0 aromatic rings. The average Bonchev–Trinajstić information content (AvgIpc) is 2.90. The molecule has 5 saturated carbocycles. The minimum atomic E-state index is -1.23. The molecule has 0 aromatic carbocycles. The van der Waals surface area contributed by atoms with E-state index in [1.165, 1.54) is 0 Å². The molecule has 0 aliphatic heterocycles. The third kappa shape index (κ3) is 0.711. The first-order chi connectivity index (χ1) is 8.29. The lowest BCUT2D eigenvalue weighted by molar-refractivity contribution is -0.127. The first-order valence-electron chi connectivity index (χ1n) is 6.23. The van der Waals surface area contributed by atoms with Crippen LogP contribution in [-0.2, 0) is 4.79 Å². The summed E-state index contributed by atoms with van der Waals surface area (Å²) in [5, 5.41) is -0.405. The molecule has 5 aliphatic rings. The third-order valence-corrected chi connectivity index (χ3v) is 10.4. The Morgan fingerprint density at radius 3 is 2.33 bits per heavy atom. The number of hydrogen-bond donors (Lipinski definition) is 0. The average molecular weight is 346 g/mol. The van der Waals surface area contributed by atoms with Crippen molar-refractivity contribution in [3.8, 4) is 0 Å². The first-order valence-corrected chi connectivity index (χ1v) is 8.18. The fourth-order valence-electron chi connectivity index (χ4n) is 6.21. The van der Waals surface area contributed by atoms with Crippen molar-refractivity contribution in [1.82, 2.24) is 0 Å². The monoisotopic (exact) mass is 344 g/mol. The molecular weight excluding hydrogens is 337 g/mol. The third-order valence-electron chi connectivity index (χ3n) is 6.48. The number of halogens is 5. The van der Waals surface area contributed by atoms with Crippen LogP contribution >= 0.6 is 58.0 Å². The summed E-state index contributed by atoms with van der Waals surface area (Å²) >= 11 is 33.4. The molecule has 9 unspecified atom stereocenters. The zero-order valence-electron chi connectivity index (χ0n) is 9.05. The second-order valence-electron chi connectivity index (χ2n) is 6.52. The van der Waals surface area contributed by atoms with Crippen molar-refractivity contribution in [2.45, 2.75) is 25.9 Å². The summed E-state index contributed by atoms with van der Waals surface area (Å²) in [6.45, 7) is 0. The Labute approximate surface area is 129 Å². The predicted octanol–water partition coefficient (Wildman–Crippen LogP) is 3.45. The van der Waals surface area contributed by atoms with Crippen LogP contribution in [-0.4, -0.2) is 25.2 Å². The van der Waals surface area contributed by atoms with Crippen molar-refractivity contribution in [2.24, 2.45) is 35.5 Å². The molecule has 18 heavy (non-hydrogen) atoms. The Morgan fingerprint density at radius 2 is 1.67 bits per heavy atom. The van der Waals surface area contributed by atoms with Crippen LogP contribution in [0.5, 0.6) is 0 Å². The van der Waals surface area contributed by atoms with Gasteiger partial charge in [0.15, 0.2) is 4.33 Å². The van der Waals surface area contributed by atoms with Gasteiger partial charge in [-0.2, -0.15) is 0 Å². The van der Waals surface area contributed by atoms with Crippen LogP contribution in [0.25, 0.3) is 0 Å². The van der Waals surface area contributed by atoms with E-state index in [2.05, 4.69) is 0 Å². The number of ketones is 1. The molecule has 0 radical (unpaired) electrons. The molecule has 0 spiro atoms. The summed E-state index contributed by atoms with van der Waals surface area (Å²) in [7, 11) is 0. The van der Waals surface area contributed by atoms with Gasteiger partial charge in [-0.05, 0) is 24.2 Å². The van der Waals surface area contributed by atoms with E-state index in [4.69, 9.17) is 58.0 Å². The van der Waals surface area contributed by atoms with Gasteiger partial charge in [0.05, 0.1) is 15.1 Å². The maximum atomic E-state index is 12.4. The van der Waals surface area contributed by atoms with Crippen LogP contribution in [0.15, 0.2) is 0 Å². The molecule has 5 rings (SSSR count). The number of carbonyl (C=O) groups is 1. The van der Waals surface area contributed by atoms with Gasteiger partial charge in [-0.25, -0.2) is 0 Å². The summed E-state index contributed by atoms with van der Waals surface area (Å²) in [4.78, 5) is 10.7.